The van der Waals surface area contributed by atoms with E-state index in [0.717, 1.165) is 31.7 Å². The molecule has 1 saturated heterocycles. The SMILES string of the molecule is c1sc(C2CCNCC2)nc1C1=NCC1. The van der Waals surface area contributed by atoms with Crippen molar-refractivity contribution >= 4 is 17.0 Å². The molecule has 0 aromatic carbocycles. The van der Waals surface area contributed by atoms with Gasteiger partial charge >= 0.3 is 0 Å². The van der Waals surface area contributed by atoms with Crippen LogP contribution < -0.4 is 5.32 Å². The number of nitrogens with one attached hydrogen (secondary N) is 1. The first-order valence-electron chi connectivity index (χ1n) is 5.63. The fourth-order valence-electron chi connectivity index (χ4n) is 2.11. The summed E-state index contributed by atoms with van der Waals surface area (Å²) in [5, 5.41) is 6.89. The molecule has 0 spiro atoms. The third-order valence-electron chi connectivity index (χ3n) is 3.16. The Morgan fingerprint density at radius 3 is 2.80 bits per heavy atom. The number of aromatic nitrogens is 1. The van der Waals surface area contributed by atoms with Gasteiger partial charge in [-0.2, -0.15) is 0 Å². The molecule has 0 saturated carbocycles. The van der Waals surface area contributed by atoms with Gasteiger partial charge in [0.15, 0.2) is 0 Å². The van der Waals surface area contributed by atoms with Crippen molar-refractivity contribution in [1.82, 2.24) is 10.3 Å². The summed E-state index contributed by atoms with van der Waals surface area (Å²) in [7, 11) is 0. The standard InChI is InChI=1S/C11H15N3S/c1-4-12-5-2-8(1)11-14-10(7-15-11)9-3-6-13-9/h7-8,12H,1-6H2. The molecule has 3 rings (SSSR count). The average molecular weight is 221 g/mol. The Labute approximate surface area is 93.6 Å². The minimum Gasteiger partial charge on any atom is -0.317 e. The highest BCUT2D eigenvalue weighted by molar-refractivity contribution is 7.10. The monoisotopic (exact) mass is 221 g/mol. The van der Waals surface area contributed by atoms with Gasteiger partial charge < -0.3 is 5.32 Å². The molecule has 0 radical (unpaired) electrons. The van der Waals surface area contributed by atoms with Crippen molar-refractivity contribution in [3.63, 3.8) is 0 Å². The van der Waals surface area contributed by atoms with E-state index in [0.29, 0.717) is 5.92 Å². The van der Waals surface area contributed by atoms with Crippen LogP contribution in [0.2, 0.25) is 0 Å². The van der Waals surface area contributed by atoms with Crippen molar-refractivity contribution in [3.8, 4) is 0 Å². The molecular formula is C11H15N3S. The Balaban J connectivity index is 1.77. The highest BCUT2D eigenvalue weighted by atomic mass is 32.1. The first-order valence-corrected chi connectivity index (χ1v) is 6.51. The zero-order chi connectivity index (χ0) is 10.1. The highest BCUT2D eigenvalue weighted by Crippen LogP contribution is 2.28. The smallest absolute Gasteiger partial charge is 0.0965 e. The molecule has 3 heterocycles. The van der Waals surface area contributed by atoms with Crippen LogP contribution in [0.15, 0.2) is 10.4 Å². The van der Waals surface area contributed by atoms with E-state index in [4.69, 9.17) is 4.98 Å². The van der Waals surface area contributed by atoms with Crippen LogP contribution in [-0.4, -0.2) is 30.3 Å². The summed E-state index contributed by atoms with van der Waals surface area (Å²) in [6.45, 7) is 3.27. The van der Waals surface area contributed by atoms with Gasteiger partial charge in [-0.25, -0.2) is 4.98 Å². The zero-order valence-electron chi connectivity index (χ0n) is 8.70. The molecule has 0 amide bonds. The second kappa shape index (κ2) is 4.02. The molecular weight excluding hydrogens is 206 g/mol. The fraction of sp³-hybridized carbons (Fsp3) is 0.636. The Morgan fingerprint density at radius 2 is 2.13 bits per heavy atom. The van der Waals surface area contributed by atoms with Gasteiger partial charge in [-0.05, 0) is 25.9 Å². The minimum atomic E-state index is 0.686. The van der Waals surface area contributed by atoms with Crippen LogP contribution in [-0.2, 0) is 0 Å². The van der Waals surface area contributed by atoms with Gasteiger partial charge in [-0.15, -0.1) is 11.3 Å². The lowest BCUT2D eigenvalue weighted by molar-refractivity contribution is 0.459. The van der Waals surface area contributed by atoms with Crippen molar-refractivity contribution in [2.45, 2.75) is 25.2 Å². The van der Waals surface area contributed by atoms with Gasteiger partial charge in [0.1, 0.15) is 0 Å². The Bertz CT molecular complexity index is 377. The van der Waals surface area contributed by atoms with Crippen LogP contribution in [0.5, 0.6) is 0 Å². The van der Waals surface area contributed by atoms with Crippen LogP contribution in [0.1, 0.15) is 35.9 Å². The van der Waals surface area contributed by atoms with Crippen molar-refractivity contribution in [2.75, 3.05) is 19.6 Å². The normalized spacial score (nSPS) is 22.3. The highest BCUT2D eigenvalue weighted by Gasteiger charge is 2.20. The van der Waals surface area contributed by atoms with E-state index in [1.165, 1.54) is 23.6 Å². The molecule has 0 atom stereocenters. The second-order valence-corrected chi connectivity index (χ2v) is 5.06. The Hall–Kier alpha value is -0.740. The lowest BCUT2D eigenvalue weighted by Gasteiger charge is -2.20. The van der Waals surface area contributed by atoms with E-state index in [-0.39, 0.29) is 0 Å². The third-order valence-corrected chi connectivity index (χ3v) is 4.16. The maximum atomic E-state index is 4.72. The predicted octanol–water partition coefficient (Wildman–Crippen LogP) is 1.80. The first-order chi connectivity index (χ1) is 7.43. The van der Waals surface area contributed by atoms with E-state index in [2.05, 4.69) is 15.7 Å². The molecule has 1 aromatic rings. The number of aliphatic imine (C=N–C) groups is 1. The lowest BCUT2D eigenvalue weighted by atomic mass is 9.99. The summed E-state index contributed by atoms with van der Waals surface area (Å²) in [6.07, 6.45) is 3.59. The maximum absolute atomic E-state index is 4.72. The molecule has 2 aliphatic heterocycles. The minimum absolute atomic E-state index is 0.686. The van der Waals surface area contributed by atoms with E-state index in [9.17, 15) is 0 Å². The summed E-state index contributed by atoms with van der Waals surface area (Å²) in [5.74, 6) is 0.686. The van der Waals surface area contributed by atoms with Gasteiger partial charge in [0.2, 0.25) is 0 Å². The Morgan fingerprint density at radius 1 is 1.33 bits per heavy atom. The van der Waals surface area contributed by atoms with Gasteiger partial charge in [0, 0.05) is 24.3 Å². The molecule has 0 bridgehead atoms. The molecule has 0 aliphatic carbocycles. The number of hydrogen-bond donors (Lipinski definition) is 1. The predicted molar refractivity (Wildman–Crippen MR) is 63.0 cm³/mol. The van der Waals surface area contributed by atoms with E-state index in [1.807, 2.05) is 11.3 Å². The number of piperidine rings is 1. The van der Waals surface area contributed by atoms with Crippen molar-refractivity contribution in [2.24, 2.45) is 4.99 Å². The summed E-state index contributed by atoms with van der Waals surface area (Å²) in [6, 6.07) is 0. The number of thiazole rings is 1. The maximum Gasteiger partial charge on any atom is 0.0965 e. The molecule has 4 heteroatoms. The summed E-state index contributed by atoms with van der Waals surface area (Å²) in [4.78, 5) is 9.06. The summed E-state index contributed by atoms with van der Waals surface area (Å²) in [5.41, 5.74) is 2.35. The van der Waals surface area contributed by atoms with E-state index < -0.39 is 0 Å². The van der Waals surface area contributed by atoms with E-state index >= 15 is 0 Å². The fourth-order valence-corrected chi connectivity index (χ4v) is 3.11. The van der Waals surface area contributed by atoms with Crippen molar-refractivity contribution in [1.29, 1.82) is 0 Å². The molecule has 80 valence electrons. The topological polar surface area (TPSA) is 37.3 Å². The second-order valence-electron chi connectivity index (χ2n) is 4.17. The van der Waals surface area contributed by atoms with Crippen LogP contribution in [0.3, 0.4) is 0 Å². The van der Waals surface area contributed by atoms with Gasteiger partial charge in [0.05, 0.1) is 16.4 Å². The largest absolute Gasteiger partial charge is 0.317 e. The Kier molecular flexibility index (Phi) is 2.54. The molecule has 0 unspecified atom stereocenters. The van der Waals surface area contributed by atoms with Crippen LogP contribution in [0.25, 0.3) is 0 Å². The first kappa shape index (κ1) is 9.48. The number of rotatable bonds is 2. The quantitative estimate of drug-likeness (QED) is 0.827. The van der Waals surface area contributed by atoms with Crippen molar-refractivity contribution in [3.05, 3.63) is 16.1 Å². The molecule has 2 aliphatic rings. The molecule has 1 N–H and O–H groups in total. The van der Waals surface area contributed by atoms with Crippen LogP contribution >= 0.6 is 11.3 Å². The van der Waals surface area contributed by atoms with Crippen LogP contribution in [0, 0.1) is 0 Å². The van der Waals surface area contributed by atoms with E-state index in [1.54, 1.807) is 0 Å². The van der Waals surface area contributed by atoms with Crippen LogP contribution in [0.4, 0.5) is 0 Å². The number of hydrogen-bond acceptors (Lipinski definition) is 4. The summed E-state index contributed by atoms with van der Waals surface area (Å²) >= 11 is 1.81. The molecule has 1 aromatic heterocycles. The zero-order valence-corrected chi connectivity index (χ0v) is 9.52. The van der Waals surface area contributed by atoms with Gasteiger partial charge in [0.25, 0.3) is 0 Å². The van der Waals surface area contributed by atoms with Gasteiger partial charge in [-0.1, -0.05) is 0 Å². The molecule has 15 heavy (non-hydrogen) atoms. The average Bonchev–Trinajstić information content (AvgIpc) is 2.66. The molecule has 3 nitrogen and oxygen atoms in total. The lowest BCUT2D eigenvalue weighted by Crippen LogP contribution is -2.26. The number of nitrogens with zero attached hydrogens (tertiary/aromatic N) is 2. The van der Waals surface area contributed by atoms with Gasteiger partial charge in [-0.3, -0.25) is 4.99 Å². The van der Waals surface area contributed by atoms with Crippen molar-refractivity contribution < 1.29 is 0 Å². The summed E-state index contributed by atoms with van der Waals surface area (Å²) < 4.78 is 0. The molecule has 1 fully saturated rings. The third kappa shape index (κ3) is 1.84.